The Morgan fingerprint density at radius 2 is 1.85 bits per heavy atom. The second kappa shape index (κ2) is 10.0. The number of amides is 1. The van der Waals surface area contributed by atoms with Crippen LogP contribution in [0.15, 0.2) is 75.1 Å². The summed E-state index contributed by atoms with van der Waals surface area (Å²) in [4.78, 5) is 12.8. The summed E-state index contributed by atoms with van der Waals surface area (Å²) in [5.74, 6) is 0.546. The number of rotatable bonds is 7. The normalized spacial score (nSPS) is 12.7. The zero-order chi connectivity index (χ0) is 24.3. The molecule has 0 radical (unpaired) electrons. The Morgan fingerprint density at radius 3 is 2.56 bits per heavy atom. The summed E-state index contributed by atoms with van der Waals surface area (Å²) in [6.07, 6.45) is 1.42. The molecule has 1 amide bonds. The number of halogens is 2. The van der Waals surface area contributed by atoms with E-state index in [0.717, 1.165) is 4.31 Å². The van der Waals surface area contributed by atoms with E-state index in [-0.39, 0.29) is 11.7 Å². The van der Waals surface area contributed by atoms with Crippen LogP contribution in [0.4, 0.5) is 5.69 Å². The smallest absolute Gasteiger partial charge is 0.264 e. The molecule has 1 aliphatic heterocycles. The molecule has 8 nitrogen and oxygen atoms in total. The molecular formula is C23H19BrClN3O5S. The number of anilines is 1. The minimum Gasteiger partial charge on any atom is -0.454 e. The molecule has 176 valence electrons. The Hall–Kier alpha value is -3.08. The number of hydrazone groups is 1. The second-order valence-corrected chi connectivity index (χ2v) is 10.4. The van der Waals surface area contributed by atoms with Gasteiger partial charge in [-0.1, -0.05) is 29.8 Å². The summed E-state index contributed by atoms with van der Waals surface area (Å²) in [7, 11) is -4.04. The first kappa shape index (κ1) is 24.1. The minimum absolute atomic E-state index is 0.0601. The summed E-state index contributed by atoms with van der Waals surface area (Å²) in [5, 5.41) is 4.43. The number of ether oxygens (including phenoxy) is 2. The van der Waals surface area contributed by atoms with Gasteiger partial charge in [-0.2, -0.15) is 5.10 Å². The fraction of sp³-hybridized carbons (Fsp3) is 0.130. The predicted molar refractivity (Wildman–Crippen MR) is 133 cm³/mol. The first-order valence-corrected chi connectivity index (χ1v) is 12.6. The molecule has 0 saturated heterocycles. The van der Waals surface area contributed by atoms with Crippen LogP contribution in [-0.4, -0.2) is 33.9 Å². The highest BCUT2D eigenvalue weighted by atomic mass is 79.9. The van der Waals surface area contributed by atoms with Gasteiger partial charge >= 0.3 is 0 Å². The van der Waals surface area contributed by atoms with Crippen molar-refractivity contribution in [2.45, 2.75) is 11.8 Å². The van der Waals surface area contributed by atoms with Gasteiger partial charge in [-0.3, -0.25) is 9.10 Å². The average Bonchev–Trinajstić information content (AvgIpc) is 3.25. The quantitative estimate of drug-likeness (QED) is 0.337. The summed E-state index contributed by atoms with van der Waals surface area (Å²) in [5.41, 5.74) is 3.97. The Bertz CT molecular complexity index is 1370. The third-order valence-corrected chi connectivity index (χ3v) is 7.63. The van der Waals surface area contributed by atoms with Gasteiger partial charge < -0.3 is 9.47 Å². The van der Waals surface area contributed by atoms with Gasteiger partial charge in [0.15, 0.2) is 11.5 Å². The van der Waals surface area contributed by atoms with E-state index in [0.29, 0.717) is 37.8 Å². The lowest BCUT2D eigenvalue weighted by atomic mass is 10.2. The molecule has 0 aliphatic carbocycles. The molecule has 1 N–H and O–H groups in total. The van der Waals surface area contributed by atoms with E-state index < -0.39 is 22.5 Å². The van der Waals surface area contributed by atoms with Crippen molar-refractivity contribution in [1.29, 1.82) is 0 Å². The van der Waals surface area contributed by atoms with E-state index in [1.54, 1.807) is 55.5 Å². The molecule has 0 atom stereocenters. The molecule has 1 heterocycles. The van der Waals surface area contributed by atoms with E-state index in [1.165, 1.54) is 18.3 Å². The lowest BCUT2D eigenvalue weighted by Gasteiger charge is -2.25. The fourth-order valence-corrected chi connectivity index (χ4v) is 5.45. The largest absolute Gasteiger partial charge is 0.454 e. The topological polar surface area (TPSA) is 97.3 Å². The van der Waals surface area contributed by atoms with Gasteiger partial charge in [0.1, 0.15) is 6.54 Å². The molecule has 1 aliphatic rings. The van der Waals surface area contributed by atoms with Crippen LogP contribution < -0.4 is 19.2 Å². The Balaban J connectivity index is 1.57. The van der Waals surface area contributed by atoms with Crippen LogP contribution in [0.5, 0.6) is 11.5 Å². The number of nitrogens with zero attached hydrogens (tertiary/aromatic N) is 2. The molecule has 0 bridgehead atoms. The van der Waals surface area contributed by atoms with Gasteiger partial charge in [0.2, 0.25) is 6.79 Å². The maximum atomic E-state index is 13.4. The van der Waals surface area contributed by atoms with Gasteiger partial charge in [0, 0.05) is 15.1 Å². The average molecular weight is 565 g/mol. The maximum Gasteiger partial charge on any atom is 0.264 e. The molecular weight excluding hydrogens is 546 g/mol. The van der Waals surface area contributed by atoms with Crippen LogP contribution in [0.1, 0.15) is 11.1 Å². The lowest BCUT2D eigenvalue weighted by Crippen LogP contribution is -2.40. The number of fused-ring (bicyclic) bond motifs is 1. The molecule has 3 aromatic rings. The van der Waals surface area contributed by atoms with Crippen LogP contribution >= 0.6 is 27.5 Å². The molecule has 0 fully saturated rings. The summed E-state index contributed by atoms with van der Waals surface area (Å²) < 4.78 is 39.2. The van der Waals surface area contributed by atoms with Crippen LogP contribution in [-0.2, 0) is 14.8 Å². The molecule has 0 aromatic heterocycles. The van der Waals surface area contributed by atoms with Gasteiger partial charge in [0.05, 0.1) is 16.8 Å². The Kier molecular flexibility index (Phi) is 7.11. The van der Waals surface area contributed by atoms with E-state index in [2.05, 4.69) is 26.5 Å². The number of nitrogens with one attached hydrogen (secondary N) is 1. The van der Waals surface area contributed by atoms with Crippen molar-refractivity contribution < 1.29 is 22.7 Å². The Labute approximate surface area is 210 Å². The van der Waals surface area contributed by atoms with Gasteiger partial charge in [-0.15, -0.1) is 0 Å². The van der Waals surface area contributed by atoms with E-state index >= 15 is 0 Å². The van der Waals surface area contributed by atoms with E-state index in [1.807, 2.05) is 0 Å². The third-order valence-electron chi connectivity index (χ3n) is 4.93. The standard InChI is InChI=1S/C23H19BrClN3O5S/c1-15-9-17(25)7-8-20(15)28(34(30,31)18-5-3-2-4-6-18)13-23(29)27-26-12-16-10-21-22(11-19(16)24)33-14-32-21/h2-12H,13-14H2,1H3,(H,27,29)/b26-12-. The molecule has 34 heavy (non-hydrogen) atoms. The van der Waals surface area contributed by atoms with Crippen LogP contribution in [0.25, 0.3) is 0 Å². The first-order valence-electron chi connectivity index (χ1n) is 10.0. The van der Waals surface area contributed by atoms with Crippen LogP contribution in [0, 0.1) is 6.92 Å². The third kappa shape index (κ3) is 5.19. The Morgan fingerprint density at radius 1 is 1.15 bits per heavy atom. The summed E-state index contributed by atoms with van der Waals surface area (Å²) in [6, 6.07) is 16.1. The number of carbonyl (C=O) groups is 1. The van der Waals surface area contributed by atoms with Gasteiger partial charge in [-0.05, 0) is 70.9 Å². The van der Waals surface area contributed by atoms with Gasteiger partial charge in [0.25, 0.3) is 15.9 Å². The van der Waals surface area contributed by atoms with E-state index in [9.17, 15) is 13.2 Å². The van der Waals surface area contributed by atoms with Crippen molar-refractivity contribution in [3.05, 3.63) is 81.3 Å². The van der Waals surface area contributed by atoms with Crippen LogP contribution in [0.3, 0.4) is 0 Å². The second-order valence-electron chi connectivity index (χ2n) is 7.28. The molecule has 0 unspecified atom stereocenters. The van der Waals surface area contributed by atoms with Crippen molar-refractivity contribution >= 4 is 55.4 Å². The van der Waals surface area contributed by atoms with E-state index in [4.69, 9.17) is 21.1 Å². The SMILES string of the molecule is Cc1cc(Cl)ccc1N(CC(=O)N/N=C\c1cc2c(cc1Br)OCO2)S(=O)(=O)c1ccccc1. The maximum absolute atomic E-state index is 13.4. The number of sulfonamides is 1. The zero-order valence-corrected chi connectivity index (χ0v) is 21.0. The number of aryl methyl sites for hydroxylation is 1. The summed E-state index contributed by atoms with van der Waals surface area (Å²) >= 11 is 9.46. The highest BCUT2D eigenvalue weighted by Gasteiger charge is 2.28. The van der Waals surface area contributed by atoms with Crippen molar-refractivity contribution in [3.63, 3.8) is 0 Å². The predicted octanol–water partition coefficient (Wildman–Crippen LogP) is 4.49. The van der Waals surface area contributed by atoms with Crippen molar-refractivity contribution in [2.24, 2.45) is 5.10 Å². The van der Waals surface area contributed by atoms with Crippen molar-refractivity contribution in [3.8, 4) is 11.5 Å². The number of benzene rings is 3. The van der Waals surface area contributed by atoms with Crippen molar-refractivity contribution in [1.82, 2.24) is 5.43 Å². The molecule has 11 heteroatoms. The monoisotopic (exact) mass is 563 g/mol. The van der Waals surface area contributed by atoms with Gasteiger partial charge in [-0.25, -0.2) is 13.8 Å². The van der Waals surface area contributed by atoms with Crippen molar-refractivity contribution in [2.75, 3.05) is 17.6 Å². The number of hydrogen-bond donors (Lipinski definition) is 1. The minimum atomic E-state index is -4.04. The molecule has 4 rings (SSSR count). The number of carbonyl (C=O) groups excluding carboxylic acids is 1. The number of hydrogen-bond acceptors (Lipinski definition) is 6. The molecule has 0 saturated carbocycles. The fourth-order valence-electron chi connectivity index (χ4n) is 3.29. The highest BCUT2D eigenvalue weighted by molar-refractivity contribution is 9.10. The first-order chi connectivity index (χ1) is 16.3. The lowest BCUT2D eigenvalue weighted by molar-refractivity contribution is -0.119. The highest BCUT2D eigenvalue weighted by Crippen LogP contribution is 2.36. The zero-order valence-electron chi connectivity index (χ0n) is 17.9. The van der Waals surface area contributed by atoms with Crippen LogP contribution in [0.2, 0.25) is 5.02 Å². The summed E-state index contributed by atoms with van der Waals surface area (Å²) in [6.45, 7) is 1.37. The molecule has 3 aromatic carbocycles. The molecule has 0 spiro atoms.